The fourth-order valence-electron chi connectivity index (χ4n) is 4.68. The highest BCUT2D eigenvalue weighted by Gasteiger charge is 2.37. The van der Waals surface area contributed by atoms with Gasteiger partial charge in [0, 0.05) is 38.0 Å². The first-order valence-electron chi connectivity index (χ1n) is 14.5. The molecule has 1 fully saturated rings. The minimum atomic E-state index is -0.488. The highest BCUT2D eigenvalue weighted by molar-refractivity contribution is 8.18. The van der Waals surface area contributed by atoms with Crippen LogP contribution in [-0.2, 0) is 20.9 Å². The molecule has 14 heteroatoms. The topological polar surface area (TPSA) is 142 Å². The van der Waals surface area contributed by atoms with E-state index in [0.29, 0.717) is 46.8 Å². The smallest absolute Gasteiger partial charge is 0.293 e. The van der Waals surface area contributed by atoms with E-state index in [1.54, 1.807) is 32.1 Å². The Morgan fingerprint density at radius 3 is 2.71 bits per heavy atom. The SMILES string of the molecule is C#CCN(CC(=O)NCCCn1c(Sc2ccc(C=C3SC(=O)N(C(C)C)C3=O)o2)nc2ccccc21)C(=O)CCC1(C)N=N1. The molecule has 0 aliphatic carbocycles. The second-order valence-corrected chi connectivity index (χ2v) is 13.0. The molecule has 3 aromatic rings. The van der Waals surface area contributed by atoms with Crippen molar-refractivity contribution in [3.8, 4) is 12.3 Å². The molecule has 0 bridgehead atoms. The number of imidazole rings is 1. The van der Waals surface area contributed by atoms with Crippen molar-refractivity contribution in [2.75, 3.05) is 19.6 Å². The van der Waals surface area contributed by atoms with Gasteiger partial charge in [-0.3, -0.25) is 24.1 Å². The van der Waals surface area contributed by atoms with E-state index in [4.69, 9.17) is 15.8 Å². The molecule has 0 spiro atoms. The third-order valence-electron chi connectivity index (χ3n) is 7.13. The van der Waals surface area contributed by atoms with Gasteiger partial charge in [0.2, 0.25) is 11.8 Å². The largest absolute Gasteiger partial charge is 0.450 e. The van der Waals surface area contributed by atoms with Crippen molar-refractivity contribution in [1.82, 2.24) is 24.7 Å². The standard InChI is InChI=1S/C31H33N7O5S2/c1-5-16-36(26(40)13-14-31(4)34-35-31)19-25(39)32-15-8-17-37-23-10-7-6-9-22(23)33-29(37)45-27-12-11-21(43-27)18-24-28(41)38(20(2)3)30(42)44-24/h1,6-7,9-12,18,20H,8,13-17,19H2,2-4H3,(H,32,39). The fraction of sp³-hybridized carbons (Fsp3) is 0.387. The molecular weight excluding hydrogens is 615 g/mol. The average Bonchev–Trinajstić information content (AvgIpc) is 3.28. The van der Waals surface area contributed by atoms with E-state index in [-0.39, 0.29) is 48.5 Å². The maximum atomic E-state index is 12.6. The number of imide groups is 1. The number of hydrogen-bond acceptors (Lipinski definition) is 10. The van der Waals surface area contributed by atoms with Crippen LogP contribution in [0.25, 0.3) is 17.1 Å². The van der Waals surface area contributed by atoms with Gasteiger partial charge in [-0.25, -0.2) is 4.98 Å². The molecule has 2 aromatic heterocycles. The van der Waals surface area contributed by atoms with Crippen LogP contribution in [0.4, 0.5) is 4.79 Å². The normalized spacial score (nSPS) is 16.2. The number of terminal acetylenes is 1. The van der Waals surface area contributed by atoms with Gasteiger partial charge in [0.1, 0.15) is 12.3 Å². The monoisotopic (exact) mass is 647 g/mol. The summed E-state index contributed by atoms with van der Waals surface area (Å²) in [5.74, 6) is 2.09. The minimum absolute atomic E-state index is 0.0497. The number of thioether (sulfide) groups is 1. The zero-order valence-electron chi connectivity index (χ0n) is 25.2. The number of furan rings is 1. The number of fused-ring (bicyclic) bond motifs is 1. The lowest BCUT2D eigenvalue weighted by Gasteiger charge is -2.20. The summed E-state index contributed by atoms with van der Waals surface area (Å²) in [6, 6.07) is 11.1. The molecule has 45 heavy (non-hydrogen) atoms. The Hall–Kier alpha value is -4.35. The number of nitrogens with one attached hydrogen (secondary N) is 1. The molecule has 4 amide bonds. The summed E-state index contributed by atoms with van der Waals surface area (Å²) in [5, 5.41) is 11.7. The van der Waals surface area contributed by atoms with Crippen LogP contribution in [0.5, 0.6) is 0 Å². The number of benzene rings is 1. The summed E-state index contributed by atoms with van der Waals surface area (Å²) in [6.45, 7) is 6.33. The molecule has 1 N–H and O–H groups in total. The van der Waals surface area contributed by atoms with Crippen LogP contribution >= 0.6 is 23.5 Å². The molecule has 1 saturated heterocycles. The lowest BCUT2D eigenvalue weighted by atomic mass is 10.1. The summed E-state index contributed by atoms with van der Waals surface area (Å²) in [6.07, 6.45) is 8.33. The second kappa shape index (κ2) is 13.7. The van der Waals surface area contributed by atoms with Gasteiger partial charge in [-0.05, 0) is 75.0 Å². The van der Waals surface area contributed by atoms with Crippen LogP contribution in [0, 0.1) is 12.3 Å². The van der Waals surface area contributed by atoms with E-state index >= 15 is 0 Å². The van der Waals surface area contributed by atoms with E-state index in [1.165, 1.54) is 21.6 Å². The van der Waals surface area contributed by atoms with Gasteiger partial charge in [-0.2, -0.15) is 10.2 Å². The number of carbonyl (C=O) groups is 4. The average molecular weight is 648 g/mol. The van der Waals surface area contributed by atoms with Crippen molar-refractivity contribution in [3.05, 3.63) is 47.1 Å². The lowest BCUT2D eigenvalue weighted by molar-refractivity contribution is -0.135. The Morgan fingerprint density at radius 1 is 1.22 bits per heavy atom. The minimum Gasteiger partial charge on any atom is -0.450 e. The Bertz CT molecular complexity index is 1730. The predicted octanol–water partition coefficient (Wildman–Crippen LogP) is 5.16. The number of aromatic nitrogens is 2. The van der Waals surface area contributed by atoms with Gasteiger partial charge in [-0.15, -0.1) is 6.42 Å². The van der Waals surface area contributed by atoms with E-state index < -0.39 is 5.66 Å². The highest BCUT2D eigenvalue weighted by atomic mass is 32.2. The third-order valence-corrected chi connectivity index (χ3v) is 8.93. The molecule has 0 saturated carbocycles. The summed E-state index contributed by atoms with van der Waals surface area (Å²) in [5.41, 5.74) is 1.27. The number of hydrogen-bond donors (Lipinski definition) is 1. The quantitative estimate of drug-likeness (QED) is 0.144. The number of aryl methyl sites for hydroxylation is 1. The van der Waals surface area contributed by atoms with Crippen LogP contribution in [0.2, 0.25) is 0 Å². The van der Waals surface area contributed by atoms with Gasteiger partial charge >= 0.3 is 0 Å². The molecule has 5 rings (SSSR count). The molecule has 0 radical (unpaired) electrons. The van der Waals surface area contributed by atoms with Gasteiger partial charge in [0.05, 0.1) is 22.5 Å². The number of nitrogens with zero attached hydrogens (tertiary/aromatic N) is 6. The number of para-hydroxylation sites is 2. The summed E-state index contributed by atoms with van der Waals surface area (Å²) >= 11 is 2.24. The first kappa shape index (κ1) is 32.1. The summed E-state index contributed by atoms with van der Waals surface area (Å²) in [7, 11) is 0. The zero-order valence-corrected chi connectivity index (χ0v) is 26.8. The van der Waals surface area contributed by atoms with Crippen LogP contribution < -0.4 is 5.32 Å². The fourth-order valence-corrected chi connectivity index (χ4v) is 6.52. The van der Waals surface area contributed by atoms with Crippen molar-refractivity contribution in [1.29, 1.82) is 0 Å². The van der Waals surface area contributed by atoms with Crippen molar-refractivity contribution >= 4 is 63.6 Å². The molecule has 2 aliphatic rings. The zero-order chi connectivity index (χ0) is 32.1. The van der Waals surface area contributed by atoms with Crippen LogP contribution in [-0.4, -0.2) is 73.7 Å². The first-order chi connectivity index (χ1) is 21.6. The Morgan fingerprint density at radius 2 is 2.00 bits per heavy atom. The Kier molecular flexibility index (Phi) is 9.79. The maximum Gasteiger partial charge on any atom is 0.293 e. The second-order valence-electron chi connectivity index (χ2n) is 11.0. The van der Waals surface area contributed by atoms with E-state index in [2.05, 4.69) is 26.0 Å². The molecule has 1 aromatic carbocycles. The Labute approximate surface area is 269 Å². The number of amides is 4. The van der Waals surface area contributed by atoms with Crippen LogP contribution in [0.15, 0.2) is 66.2 Å². The van der Waals surface area contributed by atoms with E-state index in [1.807, 2.05) is 31.2 Å². The Balaban J connectivity index is 1.18. The molecule has 4 heterocycles. The van der Waals surface area contributed by atoms with Gasteiger partial charge in [0.25, 0.3) is 11.1 Å². The highest BCUT2D eigenvalue weighted by Crippen LogP contribution is 2.36. The number of carbonyl (C=O) groups excluding carboxylic acids is 4. The molecule has 234 valence electrons. The molecule has 2 aliphatic heterocycles. The predicted molar refractivity (Wildman–Crippen MR) is 171 cm³/mol. The number of rotatable bonds is 14. The van der Waals surface area contributed by atoms with E-state index in [0.717, 1.165) is 22.8 Å². The van der Waals surface area contributed by atoms with E-state index in [9.17, 15) is 19.2 Å². The molecule has 0 unspecified atom stereocenters. The first-order valence-corrected chi connectivity index (χ1v) is 16.1. The molecule has 0 atom stereocenters. The van der Waals surface area contributed by atoms with Crippen molar-refractivity contribution in [2.24, 2.45) is 10.2 Å². The van der Waals surface area contributed by atoms with Gasteiger partial charge < -0.3 is 19.2 Å². The summed E-state index contributed by atoms with van der Waals surface area (Å²) < 4.78 is 8.04. The van der Waals surface area contributed by atoms with Crippen molar-refractivity contribution in [3.63, 3.8) is 0 Å². The van der Waals surface area contributed by atoms with Gasteiger partial charge in [-0.1, -0.05) is 18.1 Å². The van der Waals surface area contributed by atoms with Crippen molar-refractivity contribution < 1.29 is 23.6 Å². The lowest BCUT2D eigenvalue weighted by Crippen LogP contribution is -2.41. The maximum absolute atomic E-state index is 12.6. The van der Waals surface area contributed by atoms with Crippen molar-refractivity contribution in [2.45, 2.75) is 68.5 Å². The summed E-state index contributed by atoms with van der Waals surface area (Å²) in [4.78, 5) is 57.8. The third kappa shape index (κ3) is 7.84. The molecular formula is C31H33N7O5S2. The van der Waals surface area contributed by atoms with Crippen LogP contribution in [0.1, 0.15) is 45.8 Å². The molecule has 12 nitrogen and oxygen atoms in total. The van der Waals surface area contributed by atoms with Gasteiger partial charge in [0.15, 0.2) is 15.9 Å². The van der Waals surface area contributed by atoms with Crippen LogP contribution in [0.3, 0.4) is 0 Å².